The first-order valence-corrected chi connectivity index (χ1v) is 8.49. The van der Waals surface area contributed by atoms with Gasteiger partial charge in [0.25, 0.3) is 0 Å². The van der Waals surface area contributed by atoms with Crippen molar-refractivity contribution < 1.29 is 5.11 Å². The van der Waals surface area contributed by atoms with E-state index in [9.17, 15) is 5.11 Å². The fourth-order valence-electron chi connectivity index (χ4n) is 3.50. The Balaban J connectivity index is 1.68. The molecule has 0 unspecified atom stereocenters. The maximum atomic E-state index is 9.50. The van der Waals surface area contributed by atoms with Gasteiger partial charge in [0.1, 0.15) is 5.75 Å². The zero-order valence-corrected chi connectivity index (χ0v) is 13.3. The Morgan fingerprint density at radius 1 is 1.00 bits per heavy atom. The molecular formula is C21H24O. The van der Waals surface area contributed by atoms with Gasteiger partial charge in [-0.25, -0.2) is 0 Å². The van der Waals surface area contributed by atoms with Crippen LogP contribution >= 0.6 is 0 Å². The van der Waals surface area contributed by atoms with Crippen molar-refractivity contribution >= 4 is 10.8 Å². The standard InChI is InChI=1S/C21H24O/c1-2-3-16-4-6-17(7-5-16)8-9-18-10-11-20-15-21(22)13-12-19(20)14-18/h10-17,22H,2-7H2,1H3. The van der Waals surface area contributed by atoms with Crippen molar-refractivity contribution in [2.45, 2.75) is 45.4 Å². The van der Waals surface area contributed by atoms with Crippen molar-refractivity contribution in [1.82, 2.24) is 0 Å². The van der Waals surface area contributed by atoms with Crippen LogP contribution in [-0.2, 0) is 0 Å². The van der Waals surface area contributed by atoms with Gasteiger partial charge in [-0.3, -0.25) is 0 Å². The average Bonchev–Trinajstić information content (AvgIpc) is 2.54. The summed E-state index contributed by atoms with van der Waals surface area (Å²) in [5.41, 5.74) is 1.08. The van der Waals surface area contributed by atoms with E-state index in [2.05, 4.69) is 30.9 Å². The van der Waals surface area contributed by atoms with E-state index < -0.39 is 0 Å². The monoisotopic (exact) mass is 292 g/mol. The van der Waals surface area contributed by atoms with Crippen LogP contribution in [0, 0.1) is 23.7 Å². The maximum absolute atomic E-state index is 9.50. The van der Waals surface area contributed by atoms with Crippen molar-refractivity contribution in [3.05, 3.63) is 42.0 Å². The number of aromatic hydroxyl groups is 1. The summed E-state index contributed by atoms with van der Waals surface area (Å²) in [6.45, 7) is 2.28. The Bertz CT molecular complexity index is 697. The van der Waals surface area contributed by atoms with Gasteiger partial charge in [0.15, 0.2) is 0 Å². The van der Waals surface area contributed by atoms with Crippen LogP contribution in [0.15, 0.2) is 36.4 Å². The molecule has 0 heterocycles. The molecule has 1 aliphatic carbocycles. The number of hydrogen-bond acceptors (Lipinski definition) is 1. The molecule has 0 atom stereocenters. The van der Waals surface area contributed by atoms with Crippen molar-refractivity contribution in [2.24, 2.45) is 11.8 Å². The van der Waals surface area contributed by atoms with Gasteiger partial charge in [0, 0.05) is 11.5 Å². The minimum absolute atomic E-state index is 0.315. The number of phenols is 1. The molecule has 1 heteroatoms. The van der Waals surface area contributed by atoms with Crippen LogP contribution in [0.4, 0.5) is 0 Å². The molecule has 0 aliphatic heterocycles. The molecule has 0 bridgehead atoms. The molecule has 0 amide bonds. The highest BCUT2D eigenvalue weighted by Crippen LogP contribution is 2.31. The maximum Gasteiger partial charge on any atom is 0.116 e. The molecule has 0 spiro atoms. The lowest BCUT2D eigenvalue weighted by molar-refractivity contribution is 0.300. The van der Waals surface area contributed by atoms with E-state index in [-0.39, 0.29) is 0 Å². The second kappa shape index (κ2) is 6.88. The molecule has 0 radical (unpaired) electrons. The quantitative estimate of drug-likeness (QED) is 0.724. The number of benzene rings is 2. The van der Waals surface area contributed by atoms with Gasteiger partial charge in [0.2, 0.25) is 0 Å². The Morgan fingerprint density at radius 2 is 1.73 bits per heavy atom. The van der Waals surface area contributed by atoms with Crippen LogP contribution < -0.4 is 0 Å². The molecule has 0 saturated heterocycles. The third-order valence-electron chi connectivity index (χ3n) is 4.79. The fourth-order valence-corrected chi connectivity index (χ4v) is 3.50. The van der Waals surface area contributed by atoms with Gasteiger partial charge in [-0.15, -0.1) is 0 Å². The molecule has 2 aromatic carbocycles. The second-order valence-corrected chi connectivity index (χ2v) is 6.52. The summed E-state index contributed by atoms with van der Waals surface area (Å²) in [6, 6.07) is 11.7. The minimum atomic E-state index is 0.315. The molecule has 1 nitrogen and oxygen atoms in total. The highest BCUT2D eigenvalue weighted by atomic mass is 16.3. The van der Waals surface area contributed by atoms with Gasteiger partial charge in [-0.2, -0.15) is 0 Å². The average molecular weight is 292 g/mol. The zero-order chi connectivity index (χ0) is 15.4. The lowest BCUT2D eigenvalue weighted by Gasteiger charge is -2.25. The molecule has 1 saturated carbocycles. The van der Waals surface area contributed by atoms with Crippen molar-refractivity contribution in [1.29, 1.82) is 0 Å². The molecule has 3 rings (SSSR count). The lowest BCUT2D eigenvalue weighted by atomic mass is 9.80. The molecule has 114 valence electrons. The smallest absolute Gasteiger partial charge is 0.116 e. The first kappa shape index (κ1) is 15.0. The number of phenolic OH excluding ortho intramolecular Hbond substituents is 1. The van der Waals surface area contributed by atoms with Gasteiger partial charge < -0.3 is 5.11 Å². The topological polar surface area (TPSA) is 20.2 Å². The highest BCUT2D eigenvalue weighted by molar-refractivity contribution is 5.85. The third-order valence-corrected chi connectivity index (χ3v) is 4.79. The van der Waals surface area contributed by atoms with E-state index in [1.807, 2.05) is 12.1 Å². The van der Waals surface area contributed by atoms with E-state index in [0.717, 1.165) is 22.3 Å². The molecule has 1 aliphatic rings. The lowest BCUT2D eigenvalue weighted by Crippen LogP contribution is -2.13. The van der Waals surface area contributed by atoms with Crippen LogP contribution in [-0.4, -0.2) is 5.11 Å². The molecule has 2 aromatic rings. The summed E-state index contributed by atoms with van der Waals surface area (Å²) in [5.74, 6) is 8.66. The van der Waals surface area contributed by atoms with E-state index in [1.54, 1.807) is 12.1 Å². The van der Waals surface area contributed by atoms with Crippen LogP contribution in [0.2, 0.25) is 0 Å². The number of rotatable bonds is 2. The Hall–Kier alpha value is -1.94. The zero-order valence-electron chi connectivity index (χ0n) is 13.3. The van der Waals surface area contributed by atoms with Crippen molar-refractivity contribution in [3.63, 3.8) is 0 Å². The van der Waals surface area contributed by atoms with Gasteiger partial charge in [-0.05, 0) is 66.6 Å². The molecule has 22 heavy (non-hydrogen) atoms. The summed E-state index contributed by atoms with van der Waals surface area (Å²) in [7, 11) is 0. The van der Waals surface area contributed by atoms with Crippen molar-refractivity contribution in [3.8, 4) is 17.6 Å². The highest BCUT2D eigenvalue weighted by Gasteiger charge is 2.18. The first-order chi connectivity index (χ1) is 10.7. The van der Waals surface area contributed by atoms with Gasteiger partial charge in [-0.1, -0.05) is 43.7 Å². The summed E-state index contributed by atoms with van der Waals surface area (Å²) in [5, 5.41) is 11.7. The normalized spacial score (nSPS) is 21.3. The molecule has 0 aromatic heterocycles. The van der Waals surface area contributed by atoms with Crippen LogP contribution in [0.3, 0.4) is 0 Å². The van der Waals surface area contributed by atoms with E-state index in [4.69, 9.17) is 0 Å². The van der Waals surface area contributed by atoms with Crippen LogP contribution in [0.5, 0.6) is 5.75 Å². The Morgan fingerprint density at radius 3 is 2.50 bits per heavy atom. The molecule has 1 fully saturated rings. The summed E-state index contributed by atoms with van der Waals surface area (Å²) < 4.78 is 0. The van der Waals surface area contributed by atoms with E-state index in [0.29, 0.717) is 11.7 Å². The van der Waals surface area contributed by atoms with Crippen LogP contribution in [0.1, 0.15) is 51.0 Å². The number of hydrogen-bond donors (Lipinski definition) is 1. The van der Waals surface area contributed by atoms with Gasteiger partial charge >= 0.3 is 0 Å². The number of fused-ring (bicyclic) bond motifs is 1. The largest absolute Gasteiger partial charge is 0.508 e. The first-order valence-electron chi connectivity index (χ1n) is 8.49. The fraction of sp³-hybridized carbons (Fsp3) is 0.429. The summed E-state index contributed by atoms with van der Waals surface area (Å²) in [6.07, 6.45) is 7.93. The SMILES string of the molecule is CCCC1CCC(C#Cc2ccc3cc(O)ccc3c2)CC1. The van der Waals surface area contributed by atoms with Gasteiger partial charge in [0.05, 0.1) is 0 Å². The van der Waals surface area contributed by atoms with Crippen molar-refractivity contribution in [2.75, 3.05) is 0 Å². The minimum Gasteiger partial charge on any atom is -0.508 e. The second-order valence-electron chi connectivity index (χ2n) is 6.52. The predicted molar refractivity (Wildman–Crippen MR) is 92.8 cm³/mol. The van der Waals surface area contributed by atoms with E-state index in [1.165, 1.54) is 38.5 Å². The molecule has 1 N–H and O–H groups in total. The molecular weight excluding hydrogens is 268 g/mol. The Labute approximate surface area is 133 Å². The van der Waals surface area contributed by atoms with E-state index >= 15 is 0 Å². The Kier molecular flexibility index (Phi) is 4.68. The van der Waals surface area contributed by atoms with Crippen LogP contribution in [0.25, 0.3) is 10.8 Å². The summed E-state index contributed by atoms with van der Waals surface area (Å²) in [4.78, 5) is 0. The predicted octanol–water partition coefficient (Wildman–Crippen LogP) is 5.50. The third kappa shape index (κ3) is 3.63. The summed E-state index contributed by atoms with van der Waals surface area (Å²) >= 11 is 0.